The number of rotatable bonds is 5. The van der Waals surface area contributed by atoms with Gasteiger partial charge in [-0.05, 0) is 60.4 Å². The fraction of sp³-hybridized carbons (Fsp3) is 0.259. The number of anilines is 1. The summed E-state index contributed by atoms with van der Waals surface area (Å²) in [4.78, 5) is 27.7. The Hall–Kier alpha value is -3.88. The topological polar surface area (TPSA) is 61.4 Å². The molecule has 3 aromatic rings. The molecule has 0 radical (unpaired) electrons. The molecule has 1 aliphatic heterocycles. The minimum Gasteiger partial charge on any atom is -0.352 e. The number of urea groups is 1. The summed E-state index contributed by atoms with van der Waals surface area (Å²) in [7, 11) is 0. The second-order valence-electron chi connectivity index (χ2n) is 8.71. The third-order valence-electron chi connectivity index (χ3n) is 6.21. The van der Waals surface area contributed by atoms with Gasteiger partial charge in [-0.1, -0.05) is 42.5 Å². The van der Waals surface area contributed by atoms with E-state index in [2.05, 4.69) is 10.6 Å². The zero-order valence-electron chi connectivity index (χ0n) is 19.3. The van der Waals surface area contributed by atoms with Gasteiger partial charge in [-0.3, -0.25) is 4.79 Å². The Bertz CT molecular complexity index is 1200. The second-order valence-corrected chi connectivity index (χ2v) is 8.71. The number of alkyl halides is 3. The first-order valence-corrected chi connectivity index (χ1v) is 11.5. The quantitative estimate of drug-likeness (QED) is 0.414. The van der Waals surface area contributed by atoms with Crippen LogP contribution in [0.1, 0.15) is 35.6 Å². The molecule has 1 saturated heterocycles. The summed E-state index contributed by atoms with van der Waals surface area (Å²) in [6, 6.07) is 18.8. The maximum Gasteiger partial charge on any atom is 0.416 e. The van der Waals surface area contributed by atoms with Crippen molar-refractivity contribution < 1.29 is 27.2 Å². The van der Waals surface area contributed by atoms with Crippen LogP contribution in [0, 0.1) is 11.7 Å². The average Bonchev–Trinajstić information content (AvgIpc) is 2.87. The molecule has 1 heterocycles. The van der Waals surface area contributed by atoms with Crippen LogP contribution < -0.4 is 10.6 Å². The van der Waals surface area contributed by atoms with E-state index >= 15 is 0 Å². The van der Waals surface area contributed by atoms with Crippen molar-refractivity contribution in [2.24, 2.45) is 5.92 Å². The normalized spacial score (nSPS) is 17.9. The number of para-hydroxylation sites is 1. The fourth-order valence-electron chi connectivity index (χ4n) is 4.35. The number of hydrogen-bond acceptors (Lipinski definition) is 2. The van der Waals surface area contributed by atoms with E-state index in [1.54, 1.807) is 41.3 Å². The largest absolute Gasteiger partial charge is 0.416 e. The van der Waals surface area contributed by atoms with Gasteiger partial charge in [0.25, 0.3) is 0 Å². The number of halogens is 4. The van der Waals surface area contributed by atoms with Crippen molar-refractivity contribution in [2.75, 3.05) is 11.9 Å². The molecule has 0 aliphatic carbocycles. The zero-order chi connectivity index (χ0) is 25.7. The highest BCUT2D eigenvalue weighted by Gasteiger charge is 2.36. The van der Waals surface area contributed by atoms with E-state index in [9.17, 15) is 27.2 Å². The summed E-state index contributed by atoms with van der Waals surface area (Å²) >= 11 is 0. The predicted octanol–water partition coefficient (Wildman–Crippen LogP) is 6.15. The maximum absolute atomic E-state index is 13.5. The molecule has 0 saturated carbocycles. The molecule has 1 fully saturated rings. The van der Waals surface area contributed by atoms with Crippen LogP contribution in [0.5, 0.6) is 0 Å². The van der Waals surface area contributed by atoms with Gasteiger partial charge in [-0.15, -0.1) is 0 Å². The smallest absolute Gasteiger partial charge is 0.352 e. The molecule has 2 unspecified atom stereocenters. The Labute approximate surface area is 206 Å². The summed E-state index contributed by atoms with van der Waals surface area (Å²) in [5, 5.41) is 5.54. The third-order valence-corrected chi connectivity index (χ3v) is 6.21. The summed E-state index contributed by atoms with van der Waals surface area (Å²) < 4.78 is 52.4. The minimum atomic E-state index is -4.47. The molecule has 3 aromatic carbocycles. The molecule has 1 aliphatic rings. The lowest BCUT2D eigenvalue weighted by molar-refractivity contribution is -0.137. The standard InChI is InChI=1S/C27H25F4N3O2/c28-22-12-9-19(10-13-22)24-14-11-20(17-34(24)26(36)33-23-7-2-1-3-8-23)25(35)32-16-18-5-4-6-21(15-18)27(29,30)31/h1-10,12-13,15,20,24H,11,14,16-17H2,(H,32,35)(H,33,36). The number of carbonyl (C=O) groups is 2. The Morgan fingerprint density at radius 2 is 1.64 bits per heavy atom. The van der Waals surface area contributed by atoms with Crippen LogP contribution in [0.3, 0.4) is 0 Å². The lowest BCUT2D eigenvalue weighted by Gasteiger charge is -2.39. The predicted molar refractivity (Wildman–Crippen MR) is 127 cm³/mol. The SMILES string of the molecule is O=C(NCc1cccc(C(F)(F)F)c1)C1CCC(c2ccc(F)cc2)N(C(=O)Nc2ccccc2)C1. The van der Waals surface area contributed by atoms with E-state index in [-0.39, 0.29) is 30.9 Å². The number of amides is 3. The molecule has 3 amide bonds. The number of nitrogens with one attached hydrogen (secondary N) is 2. The van der Waals surface area contributed by atoms with Crippen LogP contribution in [0.4, 0.5) is 28.0 Å². The van der Waals surface area contributed by atoms with Gasteiger partial charge in [0.15, 0.2) is 0 Å². The Kier molecular flexibility index (Phi) is 7.57. The highest BCUT2D eigenvalue weighted by molar-refractivity contribution is 5.90. The van der Waals surface area contributed by atoms with E-state index in [0.717, 1.165) is 17.7 Å². The minimum absolute atomic E-state index is 0.0587. The zero-order valence-corrected chi connectivity index (χ0v) is 19.3. The number of carbonyl (C=O) groups excluding carboxylic acids is 2. The van der Waals surface area contributed by atoms with Gasteiger partial charge in [-0.2, -0.15) is 13.2 Å². The maximum atomic E-state index is 13.5. The van der Waals surface area contributed by atoms with Crippen LogP contribution in [-0.2, 0) is 17.5 Å². The molecule has 0 spiro atoms. The van der Waals surface area contributed by atoms with E-state index < -0.39 is 23.7 Å². The first-order chi connectivity index (χ1) is 17.2. The Morgan fingerprint density at radius 1 is 0.917 bits per heavy atom. The molecular weight excluding hydrogens is 474 g/mol. The fourth-order valence-corrected chi connectivity index (χ4v) is 4.35. The van der Waals surface area contributed by atoms with Gasteiger partial charge in [0.1, 0.15) is 5.82 Å². The summed E-state index contributed by atoms with van der Waals surface area (Å²) in [6.45, 7) is 0.0476. The molecule has 4 rings (SSSR count). The van der Waals surface area contributed by atoms with Crippen LogP contribution in [-0.4, -0.2) is 23.4 Å². The van der Waals surface area contributed by atoms with Crippen LogP contribution >= 0.6 is 0 Å². The number of hydrogen-bond donors (Lipinski definition) is 2. The van der Waals surface area contributed by atoms with E-state index in [4.69, 9.17) is 0 Å². The number of piperidine rings is 1. The van der Waals surface area contributed by atoms with E-state index in [1.165, 1.54) is 24.3 Å². The number of likely N-dealkylation sites (tertiary alicyclic amines) is 1. The van der Waals surface area contributed by atoms with Crippen LogP contribution in [0.25, 0.3) is 0 Å². The molecule has 188 valence electrons. The highest BCUT2D eigenvalue weighted by Crippen LogP contribution is 2.34. The highest BCUT2D eigenvalue weighted by atomic mass is 19.4. The van der Waals surface area contributed by atoms with Crippen molar-refractivity contribution in [3.63, 3.8) is 0 Å². The van der Waals surface area contributed by atoms with Crippen molar-refractivity contribution in [3.05, 3.63) is 101 Å². The Morgan fingerprint density at radius 3 is 2.33 bits per heavy atom. The Balaban J connectivity index is 1.47. The van der Waals surface area contributed by atoms with Gasteiger partial charge in [0.2, 0.25) is 5.91 Å². The van der Waals surface area contributed by atoms with E-state index in [1.807, 2.05) is 6.07 Å². The molecule has 0 aromatic heterocycles. The first-order valence-electron chi connectivity index (χ1n) is 11.5. The van der Waals surface area contributed by atoms with Crippen molar-refractivity contribution in [1.82, 2.24) is 10.2 Å². The van der Waals surface area contributed by atoms with Crippen LogP contribution in [0.2, 0.25) is 0 Å². The van der Waals surface area contributed by atoms with Crippen LogP contribution in [0.15, 0.2) is 78.9 Å². The summed E-state index contributed by atoms with van der Waals surface area (Å²) in [5.41, 5.74) is 0.897. The average molecular weight is 500 g/mol. The lowest BCUT2D eigenvalue weighted by atomic mass is 9.88. The second kappa shape index (κ2) is 10.8. The van der Waals surface area contributed by atoms with Gasteiger partial charge in [0, 0.05) is 18.8 Å². The summed E-state index contributed by atoms with van der Waals surface area (Å²) in [5.74, 6) is -1.28. The van der Waals surface area contributed by atoms with Crippen molar-refractivity contribution in [1.29, 1.82) is 0 Å². The molecule has 9 heteroatoms. The molecule has 36 heavy (non-hydrogen) atoms. The van der Waals surface area contributed by atoms with Gasteiger partial charge in [0.05, 0.1) is 17.5 Å². The van der Waals surface area contributed by atoms with Gasteiger partial charge < -0.3 is 15.5 Å². The lowest BCUT2D eigenvalue weighted by Crippen LogP contribution is -2.48. The van der Waals surface area contributed by atoms with Crippen molar-refractivity contribution in [3.8, 4) is 0 Å². The van der Waals surface area contributed by atoms with Gasteiger partial charge in [-0.25, -0.2) is 9.18 Å². The molecule has 2 N–H and O–H groups in total. The molecule has 5 nitrogen and oxygen atoms in total. The summed E-state index contributed by atoms with van der Waals surface area (Å²) in [6.07, 6.45) is -3.54. The number of nitrogens with zero attached hydrogens (tertiary/aromatic N) is 1. The van der Waals surface area contributed by atoms with Crippen molar-refractivity contribution in [2.45, 2.75) is 31.6 Å². The number of benzene rings is 3. The van der Waals surface area contributed by atoms with Crippen molar-refractivity contribution >= 4 is 17.6 Å². The monoisotopic (exact) mass is 499 g/mol. The van der Waals surface area contributed by atoms with Gasteiger partial charge >= 0.3 is 12.2 Å². The van der Waals surface area contributed by atoms with E-state index in [0.29, 0.717) is 24.1 Å². The third kappa shape index (κ3) is 6.21. The molecular formula is C27H25F4N3O2. The first kappa shape index (κ1) is 25.2. The molecule has 0 bridgehead atoms. The molecule has 2 atom stereocenters.